The summed E-state index contributed by atoms with van der Waals surface area (Å²) in [6.07, 6.45) is 3.63. The molecule has 0 aromatic heterocycles. The SMILES string of the molecule is CC.CC1CC2(C1)CN(S(=O)(=O)c1ccccc1)C2.CCC. The maximum atomic E-state index is 12.2. The number of nitrogens with zero attached hydrogens (tertiary/aromatic N) is 1. The van der Waals surface area contributed by atoms with Crippen molar-refractivity contribution >= 4 is 10.0 Å². The van der Waals surface area contributed by atoms with E-state index in [2.05, 4.69) is 20.8 Å². The molecular formula is C18H31NO2S. The van der Waals surface area contributed by atoms with E-state index in [0.717, 1.165) is 5.92 Å². The third kappa shape index (κ3) is 4.11. The molecule has 3 nitrogen and oxygen atoms in total. The van der Waals surface area contributed by atoms with Crippen LogP contribution in [0.4, 0.5) is 0 Å². The first kappa shape index (κ1) is 19.2. The van der Waals surface area contributed by atoms with Gasteiger partial charge in [-0.25, -0.2) is 8.42 Å². The number of rotatable bonds is 2. The first-order chi connectivity index (χ1) is 10.4. The normalized spacial score (nSPS) is 19.9. The minimum atomic E-state index is -3.23. The highest BCUT2D eigenvalue weighted by Gasteiger charge is 2.54. The van der Waals surface area contributed by atoms with Gasteiger partial charge < -0.3 is 0 Å². The summed E-state index contributed by atoms with van der Waals surface area (Å²) in [6.45, 7) is 11.9. The highest BCUT2D eigenvalue weighted by atomic mass is 32.2. The number of benzene rings is 1. The molecule has 2 aliphatic rings. The first-order valence-electron chi connectivity index (χ1n) is 8.49. The molecule has 0 bridgehead atoms. The monoisotopic (exact) mass is 325 g/mol. The van der Waals surface area contributed by atoms with Gasteiger partial charge >= 0.3 is 0 Å². The second kappa shape index (κ2) is 8.11. The smallest absolute Gasteiger partial charge is 0.207 e. The largest absolute Gasteiger partial charge is 0.243 e. The van der Waals surface area contributed by atoms with Crippen LogP contribution in [0.1, 0.15) is 53.9 Å². The van der Waals surface area contributed by atoms with Crippen molar-refractivity contribution in [2.75, 3.05) is 13.1 Å². The summed E-state index contributed by atoms with van der Waals surface area (Å²) >= 11 is 0. The summed E-state index contributed by atoms with van der Waals surface area (Å²) in [5.74, 6) is 0.775. The van der Waals surface area contributed by atoms with Crippen LogP contribution in [-0.2, 0) is 10.0 Å². The highest BCUT2D eigenvalue weighted by molar-refractivity contribution is 7.89. The fourth-order valence-electron chi connectivity index (χ4n) is 3.29. The van der Waals surface area contributed by atoms with Crippen LogP contribution in [0.3, 0.4) is 0 Å². The Morgan fingerprint density at radius 2 is 1.55 bits per heavy atom. The Hall–Kier alpha value is -0.870. The van der Waals surface area contributed by atoms with Crippen LogP contribution < -0.4 is 0 Å². The molecule has 1 heterocycles. The number of hydrogen-bond acceptors (Lipinski definition) is 2. The van der Waals surface area contributed by atoms with Gasteiger partial charge in [0.15, 0.2) is 0 Å². The lowest BCUT2D eigenvalue weighted by atomic mass is 9.59. The van der Waals surface area contributed by atoms with E-state index < -0.39 is 10.0 Å². The molecule has 3 rings (SSSR count). The average molecular weight is 326 g/mol. The van der Waals surface area contributed by atoms with Crippen molar-refractivity contribution in [1.29, 1.82) is 0 Å². The summed E-state index contributed by atoms with van der Waals surface area (Å²) in [5, 5.41) is 0. The summed E-state index contributed by atoms with van der Waals surface area (Å²) in [5.41, 5.74) is 0.321. The molecule has 1 spiro atoms. The number of sulfonamides is 1. The lowest BCUT2D eigenvalue weighted by Crippen LogP contribution is -2.63. The fraction of sp³-hybridized carbons (Fsp3) is 0.667. The molecule has 0 radical (unpaired) electrons. The van der Waals surface area contributed by atoms with Gasteiger partial charge in [0.25, 0.3) is 0 Å². The topological polar surface area (TPSA) is 37.4 Å². The highest BCUT2D eigenvalue weighted by Crippen LogP contribution is 2.52. The van der Waals surface area contributed by atoms with Crippen molar-refractivity contribution in [2.24, 2.45) is 11.3 Å². The molecule has 0 unspecified atom stereocenters. The Kier molecular flexibility index (Phi) is 7.07. The minimum Gasteiger partial charge on any atom is -0.207 e. The standard InChI is InChI=1S/C13H17NO2S.C3H8.C2H6/c1-11-7-13(8-11)9-14(10-13)17(15,16)12-5-3-2-4-6-12;1-3-2;1-2/h2-6,11H,7-10H2,1H3;3H2,1-2H3;1-2H3. The van der Waals surface area contributed by atoms with Crippen molar-refractivity contribution in [1.82, 2.24) is 4.31 Å². The molecule has 22 heavy (non-hydrogen) atoms. The first-order valence-corrected chi connectivity index (χ1v) is 9.93. The van der Waals surface area contributed by atoms with E-state index in [0.29, 0.717) is 23.4 Å². The van der Waals surface area contributed by atoms with Crippen molar-refractivity contribution < 1.29 is 8.42 Å². The fourth-order valence-corrected chi connectivity index (χ4v) is 4.98. The summed E-state index contributed by atoms with van der Waals surface area (Å²) in [6, 6.07) is 8.72. The van der Waals surface area contributed by atoms with Gasteiger partial charge in [0.1, 0.15) is 0 Å². The summed E-state index contributed by atoms with van der Waals surface area (Å²) < 4.78 is 26.1. The third-order valence-corrected chi connectivity index (χ3v) is 5.77. The predicted molar refractivity (Wildman–Crippen MR) is 93.3 cm³/mol. The van der Waals surface area contributed by atoms with E-state index >= 15 is 0 Å². The second-order valence-electron chi connectivity index (χ2n) is 6.31. The van der Waals surface area contributed by atoms with Crippen LogP contribution in [0.5, 0.6) is 0 Å². The van der Waals surface area contributed by atoms with Crippen LogP contribution >= 0.6 is 0 Å². The molecule has 126 valence electrons. The molecule has 1 aliphatic heterocycles. The van der Waals surface area contributed by atoms with Crippen LogP contribution in [0.25, 0.3) is 0 Å². The average Bonchev–Trinajstić information content (AvgIpc) is 2.45. The van der Waals surface area contributed by atoms with Gasteiger partial charge in [-0.1, -0.05) is 59.2 Å². The molecule has 0 N–H and O–H groups in total. The van der Waals surface area contributed by atoms with Gasteiger partial charge in [-0.3, -0.25) is 0 Å². The summed E-state index contributed by atoms with van der Waals surface area (Å²) in [4.78, 5) is 0.419. The van der Waals surface area contributed by atoms with Gasteiger partial charge in [0, 0.05) is 13.1 Å². The van der Waals surface area contributed by atoms with E-state index in [1.54, 1.807) is 28.6 Å². The molecule has 1 saturated heterocycles. The van der Waals surface area contributed by atoms with E-state index in [1.165, 1.54) is 19.3 Å². The molecule has 4 heteroatoms. The Balaban J connectivity index is 0.000000435. The maximum Gasteiger partial charge on any atom is 0.243 e. The van der Waals surface area contributed by atoms with E-state index in [4.69, 9.17) is 0 Å². The van der Waals surface area contributed by atoms with E-state index in [1.807, 2.05) is 19.9 Å². The Morgan fingerprint density at radius 3 is 1.95 bits per heavy atom. The van der Waals surface area contributed by atoms with E-state index in [-0.39, 0.29) is 0 Å². The lowest BCUT2D eigenvalue weighted by Gasteiger charge is -2.57. The summed E-state index contributed by atoms with van der Waals surface area (Å²) in [7, 11) is -3.23. The van der Waals surface area contributed by atoms with Gasteiger partial charge in [-0.15, -0.1) is 0 Å². The number of hydrogen-bond donors (Lipinski definition) is 0. The van der Waals surface area contributed by atoms with Crippen molar-refractivity contribution in [3.05, 3.63) is 30.3 Å². The van der Waals surface area contributed by atoms with Gasteiger partial charge in [-0.2, -0.15) is 4.31 Å². The minimum absolute atomic E-state index is 0.321. The molecule has 1 saturated carbocycles. The quantitative estimate of drug-likeness (QED) is 0.800. The Bertz CT molecular complexity index is 525. The molecule has 1 aromatic rings. The predicted octanol–water partition coefficient (Wildman–Crippen LogP) is 4.55. The maximum absolute atomic E-state index is 12.2. The van der Waals surface area contributed by atoms with Crippen molar-refractivity contribution in [2.45, 2.75) is 58.8 Å². The zero-order valence-electron chi connectivity index (χ0n) is 14.7. The van der Waals surface area contributed by atoms with Gasteiger partial charge in [0.05, 0.1) is 4.90 Å². The van der Waals surface area contributed by atoms with E-state index in [9.17, 15) is 8.42 Å². The van der Waals surface area contributed by atoms with Gasteiger partial charge in [-0.05, 0) is 36.3 Å². The molecule has 1 aromatic carbocycles. The van der Waals surface area contributed by atoms with Gasteiger partial charge in [0.2, 0.25) is 10.0 Å². The Labute approximate surface area is 136 Å². The molecule has 0 atom stereocenters. The van der Waals surface area contributed by atoms with Crippen molar-refractivity contribution in [3.63, 3.8) is 0 Å². The lowest BCUT2D eigenvalue weighted by molar-refractivity contribution is -0.0459. The molecule has 1 aliphatic carbocycles. The van der Waals surface area contributed by atoms with Crippen LogP contribution in [0, 0.1) is 11.3 Å². The van der Waals surface area contributed by atoms with Crippen LogP contribution in [0.15, 0.2) is 35.2 Å². The molecular weight excluding hydrogens is 294 g/mol. The van der Waals surface area contributed by atoms with Crippen molar-refractivity contribution in [3.8, 4) is 0 Å². The second-order valence-corrected chi connectivity index (χ2v) is 8.24. The zero-order chi connectivity index (χ0) is 16.8. The third-order valence-electron chi connectivity index (χ3n) is 3.97. The zero-order valence-corrected chi connectivity index (χ0v) is 15.5. The Morgan fingerprint density at radius 1 is 1.09 bits per heavy atom. The van der Waals surface area contributed by atoms with Crippen LogP contribution in [-0.4, -0.2) is 25.8 Å². The molecule has 0 amide bonds. The molecule has 2 fully saturated rings. The van der Waals surface area contributed by atoms with Crippen LogP contribution in [0.2, 0.25) is 0 Å².